The molecular weight excluding hydrogens is 432 g/mol. The minimum Gasteiger partial charge on any atom is -0.507 e. The van der Waals surface area contributed by atoms with Crippen molar-refractivity contribution in [3.05, 3.63) is 89.5 Å². The number of aromatic nitrogens is 3. The summed E-state index contributed by atoms with van der Waals surface area (Å²) in [6.07, 6.45) is 0.785. The first kappa shape index (κ1) is 22.6. The van der Waals surface area contributed by atoms with Gasteiger partial charge >= 0.3 is 0 Å². The number of phenols is 1. The van der Waals surface area contributed by atoms with E-state index in [1.54, 1.807) is 12.1 Å². The molecule has 3 aromatic carbocycles. The number of hydrogen-bond acceptors (Lipinski definition) is 5. The molecule has 4 aromatic rings. The highest BCUT2D eigenvalue weighted by Crippen LogP contribution is 2.33. The summed E-state index contributed by atoms with van der Waals surface area (Å²) < 4.78 is 1.91. The first-order valence-electron chi connectivity index (χ1n) is 10.8. The molecule has 0 aliphatic heterocycles. The topological polar surface area (TPSA) is 80.0 Å². The summed E-state index contributed by atoms with van der Waals surface area (Å²) in [7, 11) is 0. The molecule has 33 heavy (non-hydrogen) atoms. The van der Waals surface area contributed by atoms with E-state index in [1.165, 1.54) is 17.3 Å². The molecule has 1 heterocycles. The molecule has 0 aliphatic carbocycles. The number of phenolic OH excluding ortho intramolecular Hbond substituents is 1. The summed E-state index contributed by atoms with van der Waals surface area (Å²) in [6, 6.07) is 23.3. The molecular formula is C26H26N4O2S. The molecule has 1 amide bonds. The van der Waals surface area contributed by atoms with Crippen LogP contribution in [-0.2, 0) is 11.2 Å². The Morgan fingerprint density at radius 3 is 2.52 bits per heavy atom. The van der Waals surface area contributed by atoms with Crippen LogP contribution in [0, 0.1) is 13.8 Å². The van der Waals surface area contributed by atoms with E-state index in [0.29, 0.717) is 23.1 Å². The highest BCUT2D eigenvalue weighted by atomic mass is 32.2. The molecule has 6 nitrogen and oxygen atoms in total. The van der Waals surface area contributed by atoms with Crippen molar-refractivity contribution in [2.45, 2.75) is 25.4 Å². The zero-order chi connectivity index (χ0) is 23.2. The van der Waals surface area contributed by atoms with Crippen LogP contribution in [0.25, 0.3) is 17.1 Å². The van der Waals surface area contributed by atoms with Crippen molar-refractivity contribution >= 4 is 17.7 Å². The summed E-state index contributed by atoms with van der Waals surface area (Å²) in [5.41, 5.74) is 4.90. The lowest BCUT2D eigenvalue weighted by Gasteiger charge is -2.14. The van der Waals surface area contributed by atoms with Crippen molar-refractivity contribution in [1.82, 2.24) is 20.1 Å². The van der Waals surface area contributed by atoms with Gasteiger partial charge in [-0.25, -0.2) is 0 Å². The van der Waals surface area contributed by atoms with Crippen LogP contribution in [0.3, 0.4) is 0 Å². The normalized spacial score (nSPS) is 10.8. The van der Waals surface area contributed by atoms with Gasteiger partial charge in [-0.15, -0.1) is 10.2 Å². The van der Waals surface area contributed by atoms with Crippen molar-refractivity contribution in [2.75, 3.05) is 12.3 Å². The Morgan fingerprint density at radius 1 is 1.00 bits per heavy atom. The lowest BCUT2D eigenvalue weighted by atomic mass is 10.1. The number of nitrogens with zero attached hydrogens (tertiary/aromatic N) is 3. The number of carbonyl (C=O) groups is 1. The Bertz CT molecular complexity index is 1250. The van der Waals surface area contributed by atoms with E-state index >= 15 is 0 Å². The lowest BCUT2D eigenvalue weighted by Crippen LogP contribution is -2.27. The number of para-hydroxylation sites is 1. The maximum absolute atomic E-state index is 12.5. The smallest absolute Gasteiger partial charge is 0.230 e. The van der Waals surface area contributed by atoms with Gasteiger partial charge in [0, 0.05) is 6.54 Å². The van der Waals surface area contributed by atoms with Gasteiger partial charge in [-0.3, -0.25) is 9.36 Å². The van der Waals surface area contributed by atoms with Gasteiger partial charge in [0.25, 0.3) is 0 Å². The van der Waals surface area contributed by atoms with Crippen LogP contribution >= 0.6 is 11.8 Å². The third-order valence-electron chi connectivity index (χ3n) is 5.28. The van der Waals surface area contributed by atoms with E-state index in [-0.39, 0.29) is 17.4 Å². The monoisotopic (exact) mass is 458 g/mol. The molecule has 0 radical (unpaired) electrons. The third kappa shape index (κ3) is 5.43. The van der Waals surface area contributed by atoms with E-state index in [0.717, 1.165) is 23.2 Å². The number of hydrogen-bond donors (Lipinski definition) is 2. The fourth-order valence-corrected chi connectivity index (χ4v) is 4.42. The number of benzene rings is 3. The second-order valence-corrected chi connectivity index (χ2v) is 8.77. The van der Waals surface area contributed by atoms with Gasteiger partial charge in [0.15, 0.2) is 11.0 Å². The first-order chi connectivity index (χ1) is 16.0. The van der Waals surface area contributed by atoms with Gasteiger partial charge in [0.1, 0.15) is 5.75 Å². The fraction of sp³-hybridized carbons (Fsp3) is 0.192. The molecule has 168 valence electrons. The average molecular weight is 459 g/mol. The zero-order valence-electron chi connectivity index (χ0n) is 18.7. The predicted molar refractivity (Wildman–Crippen MR) is 132 cm³/mol. The average Bonchev–Trinajstić information content (AvgIpc) is 3.22. The standard InChI is InChI=1S/C26H26N4O2S/c1-18-12-13-22(19(2)16-18)30-25(21-10-6-7-11-23(21)31)28-29-26(30)33-17-24(32)27-15-14-20-8-4-3-5-9-20/h3-13,16,31H,14-15,17H2,1-2H3,(H,27,32). The van der Waals surface area contributed by atoms with Crippen LogP contribution in [0.1, 0.15) is 16.7 Å². The molecule has 0 spiro atoms. The van der Waals surface area contributed by atoms with Crippen LogP contribution in [0.5, 0.6) is 5.75 Å². The molecule has 0 bridgehead atoms. The molecule has 0 aliphatic rings. The van der Waals surface area contributed by atoms with Crippen molar-refractivity contribution in [2.24, 2.45) is 0 Å². The lowest BCUT2D eigenvalue weighted by molar-refractivity contribution is -0.118. The van der Waals surface area contributed by atoms with E-state index < -0.39 is 0 Å². The summed E-state index contributed by atoms with van der Waals surface area (Å²) in [6.45, 7) is 4.65. The largest absolute Gasteiger partial charge is 0.507 e. The quantitative estimate of drug-likeness (QED) is 0.374. The number of carbonyl (C=O) groups excluding carboxylic acids is 1. The van der Waals surface area contributed by atoms with Gasteiger partial charge < -0.3 is 10.4 Å². The minimum absolute atomic E-state index is 0.0600. The van der Waals surface area contributed by atoms with Crippen LogP contribution in [0.15, 0.2) is 78.0 Å². The highest BCUT2D eigenvalue weighted by molar-refractivity contribution is 7.99. The van der Waals surface area contributed by atoms with Crippen LogP contribution in [0.4, 0.5) is 0 Å². The number of aryl methyl sites for hydroxylation is 2. The number of rotatable bonds is 8. The Morgan fingerprint density at radius 2 is 1.76 bits per heavy atom. The second-order valence-electron chi connectivity index (χ2n) is 7.82. The number of nitrogens with one attached hydrogen (secondary N) is 1. The van der Waals surface area contributed by atoms with E-state index in [4.69, 9.17) is 0 Å². The van der Waals surface area contributed by atoms with Crippen molar-refractivity contribution in [1.29, 1.82) is 0 Å². The summed E-state index contributed by atoms with van der Waals surface area (Å²) in [4.78, 5) is 12.5. The minimum atomic E-state index is -0.0600. The third-order valence-corrected chi connectivity index (χ3v) is 6.21. The SMILES string of the molecule is Cc1ccc(-n2c(SCC(=O)NCCc3ccccc3)nnc2-c2ccccc2O)c(C)c1. The number of thioether (sulfide) groups is 1. The summed E-state index contributed by atoms with van der Waals surface area (Å²) in [5, 5.41) is 22.7. The molecule has 0 saturated heterocycles. The molecule has 0 unspecified atom stereocenters. The summed E-state index contributed by atoms with van der Waals surface area (Å²) >= 11 is 1.33. The molecule has 0 fully saturated rings. The van der Waals surface area contributed by atoms with Crippen molar-refractivity contribution in [3.63, 3.8) is 0 Å². The van der Waals surface area contributed by atoms with Gasteiger partial charge in [0.05, 0.1) is 17.0 Å². The molecule has 2 N–H and O–H groups in total. The van der Waals surface area contributed by atoms with E-state index in [2.05, 4.69) is 21.6 Å². The zero-order valence-corrected chi connectivity index (χ0v) is 19.5. The molecule has 4 rings (SSSR count). The molecule has 0 atom stereocenters. The first-order valence-corrected chi connectivity index (χ1v) is 11.8. The second kappa shape index (κ2) is 10.4. The van der Waals surface area contributed by atoms with Crippen LogP contribution < -0.4 is 5.32 Å². The van der Waals surface area contributed by atoms with Gasteiger partial charge in [-0.2, -0.15) is 0 Å². The Balaban J connectivity index is 1.54. The maximum Gasteiger partial charge on any atom is 0.230 e. The predicted octanol–water partition coefficient (Wildman–Crippen LogP) is 4.71. The molecule has 7 heteroatoms. The van der Waals surface area contributed by atoms with Crippen molar-refractivity contribution < 1.29 is 9.90 Å². The van der Waals surface area contributed by atoms with Gasteiger partial charge in [-0.05, 0) is 49.6 Å². The van der Waals surface area contributed by atoms with Crippen LogP contribution in [-0.4, -0.2) is 38.1 Å². The Hall–Kier alpha value is -3.58. The van der Waals surface area contributed by atoms with Gasteiger partial charge in [-0.1, -0.05) is 71.9 Å². The van der Waals surface area contributed by atoms with Gasteiger partial charge in [0.2, 0.25) is 5.91 Å². The highest BCUT2D eigenvalue weighted by Gasteiger charge is 2.20. The molecule has 1 aromatic heterocycles. The fourth-order valence-electron chi connectivity index (χ4n) is 3.65. The summed E-state index contributed by atoms with van der Waals surface area (Å²) in [5.74, 6) is 0.826. The number of aromatic hydroxyl groups is 1. The van der Waals surface area contributed by atoms with Crippen molar-refractivity contribution in [3.8, 4) is 22.8 Å². The molecule has 0 saturated carbocycles. The Labute approximate surface area is 197 Å². The van der Waals surface area contributed by atoms with Crippen LogP contribution in [0.2, 0.25) is 0 Å². The Kier molecular flexibility index (Phi) is 7.10. The maximum atomic E-state index is 12.5. The number of amides is 1. The van der Waals surface area contributed by atoms with E-state index in [1.807, 2.05) is 73.0 Å². The van der Waals surface area contributed by atoms with E-state index in [9.17, 15) is 9.90 Å².